The van der Waals surface area contributed by atoms with Crippen molar-refractivity contribution in [3.63, 3.8) is 0 Å². The number of rotatable bonds is 7. The number of ether oxygens (including phenoxy) is 2. The number of hydrogen-bond donors (Lipinski definition) is 0. The fourth-order valence-corrected chi connectivity index (χ4v) is 2.50. The fourth-order valence-electron chi connectivity index (χ4n) is 2.50. The molecule has 0 bridgehead atoms. The molecule has 0 aromatic heterocycles. The zero-order valence-corrected chi connectivity index (χ0v) is 14.0. The first kappa shape index (κ1) is 17.7. The Hall–Kier alpha value is -2.62. The Kier molecular flexibility index (Phi) is 6.13. The van der Waals surface area contributed by atoms with Crippen LogP contribution in [0.3, 0.4) is 0 Å². The van der Waals surface area contributed by atoms with E-state index >= 15 is 0 Å². The van der Waals surface area contributed by atoms with E-state index in [1.165, 1.54) is 0 Å². The van der Waals surface area contributed by atoms with E-state index < -0.39 is 17.4 Å². The first-order valence-corrected chi connectivity index (χ1v) is 8.12. The molecule has 0 heterocycles. The van der Waals surface area contributed by atoms with E-state index in [9.17, 15) is 9.59 Å². The van der Waals surface area contributed by atoms with E-state index in [1.54, 1.807) is 48.5 Å². The third-order valence-corrected chi connectivity index (χ3v) is 4.20. The van der Waals surface area contributed by atoms with Gasteiger partial charge in [-0.3, -0.25) is 9.59 Å². The summed E-state index contributed by atoms with van der Waals surface area (Å²) in [7, 11) is 0. The summed E-state index contributed by atoms with van der Waals surface area (Å²) in [5, 5.41) is 0. The Balaban J connectivity index is 2.08. The molecular weight excluding hydrogens is 304 g/mol. The Labute approximate surface area is 142 Å². The van der Waals surface area contributed by atoms with E-state index in [0.29, 0.717) is 24.3 Å². The Bertz CT molecular complexity index is 661. The van der Waals surface area contributed by atoms with E-state index in [2.05, 4.69) is 0 Å². The molecule has 2 aromatic rings. The molecule has 0 unspecified atom stereocenters. The van der Waals surface area contributed by atoms with Gasteiger partial charge in [0.1, 0.15) is 11.5 Å². The van der Waals surface area contributed by atoms with Gasteiger partial charge in [-0.25, -0.2) is 0 Å². The van der Waals surface area contributed by atoms with Crippen molar-refractivity contribution >= 4 is 11.9 Å². The van der Waals surface area contributed by atoms with Crippen LogP contribution in [0, 0.1) is 5.41 Å². The summed E-state index contributed by atoms with van der Waals surface area (Å²) in [5.41, 5.74) is -0.887. The van der Waals surface area contributed by atoms with E-state index in [4.69, 9.17) is 9.47 Å². The lowest BCUT2D eigenvalue weighted by Crippen LogP contribution is -2.37. The van der Waals surface area contributed by atoms with Gasteiger partial charge in [-0.2, -0.15) is 0 Å². The smallest absolute Gasteiger partial charge is 0.318 e. The molecule has 0 radical (unpaired) electrons. The molecule has 2 aromatic carbocycles. The predicted molar refractivity (Wildman–Crippen MR) is 91.8 cm³/mol. The van der Waals surface area contributed by atoms with E-state index in [-0.39, 0.29) is 6.42 Å². The highest BCUT2D eigenvalue weighted by Gasteiger charge is 2.40. The number of carbonyl (C=O) groups excluding carboxylic acids is 2. The average molecular weight is 326 g/mol. The van der Waals surface area contributed by atoms with Crippen molar-refractivity contribution in [2.75, 3.05) is 0 Å². The monoisotopic (exact) mass is 326 g/mol. The number of esters is 2. The van der Waals surface area contributed by atoms with Crippen LogP contribution in [0.2, 0.25) is 0 Å². The molecule has 2 rings (SSSR count). The average Bonchev–Trinajstić information content (AvgIpc) is 2.61. The predicted octanol–water partition coefficient (Wildman–Crippen LogP) is 4.39. The van der Waals surface area contributed by atoms with Crippen molar-refractivity contribution in [2.24, 2.45) is 5.41 Å². The van der Waals surface area contributed by atoms with Gasteiger partial charge in [0.25, 0.3) is 0 Å². The molecule has 4 nitrogen and oxygen atoms in total. The molecule has 0 fully saturated rings. The van der Waals surface area contributed by atoms with Crippen molar-refractivity contribution in [2.45, 2.75) is 33.1 Å². The third kappa shape index (κ3) is 4.44. The van der Waals surface area contributed by atoms with Gasteiger partial charge in [-0.1, -0.05) is 50.2 Å². The SMILES string of the molecule is CCC(CC)(CC(=O)Oc1ccccc1)C(=O)Oc1ccccc1. The Morgan fingerprint density at radius 1 is 0.792 bits per heavy atom. The number of para-hydroxylation sites is 2. The normalized spacial score (nSPS) is 10.9. The van der Waals surface area contributed by atoms with E-state index in [1.807, 2.05) is 26.0 Å². The minimum Gasteiger partial charge on any atom is -0.427 e. The third-order valence-electron chi connectivity index (χ3n) is 4.20. The Morgan fingerprint density at radius 3 is 1.71 bits per heavy atom. The minimum atomic E-state index is -0.887. The summed E-state index contributed by atoms with van der Waals surface area (Å²) in [6.45, 7) is 3.76. The molecule has 0 N–H and O–H groups in total. The minimum absolute atomic E-state index is 0.0133. The molecule has 0 spiro atoms. The molecule has 0 saturated heterocycles. The maximum absolute atomic E-state index is 12.7. The molecule has 0 aliphatic rings. The first-order valence-electron chi connectivity index (χ1n) is 8.12. The van der Waals surface area contributed by atoms with Crippen molar-refractivity contribution in [3.05, 3.63) is 60.7 Å². The number of hydrogen-bond acceptors (Lipinski definition) is 4. The highest BCUT2D eigenvalue weighted by molar-refractivity contribution is 5.85. The van der Waals surface area contributed by atoms with Crippen LogP contribution in [0.4, 0.5) is 0 Å². The molecular formula is C20H22O4. The van der Waals surface area contributed by atoms with Crippen LogP contribution >= 0.6 is 0 Å². The quantitative estimate of drug-likeness (QED) is 0.559. The second-order valence-electron chi connectivity index (χ2n) is 5.65. The molecule has 0 aliphatic heterocycles. The van der Waals surface area contributed by atoms with Crippen LogP contribution in [0.1, 0.15) is 33.1 Å². The highest BCUT2D eigenvalue weighted by atomic mass is 16.5. The number of benzene rings is 2. The first-order chi connectivity index (χ1) is 11.6. The molecule has 0 amide bonds. The van der Waals surface area contributed by atoms with Gasteiger partial charge in [-0.05, 0) is 37.1 Å². The molecule has 24 heavy (non-hydrogen) atoms. The standard InChI is InChI=1S/C20H22O4/c1-3-20(4-2,19(22)24-17-13-9-6-10-14-17)15-18(21)23-16-11-7-5-8-12-16/h5-14H,3-4,15H2,1-2H3. The fraction of sp³-hybridized carbons (Fsp3) is 0.300. The van der Waals surface area contributed by atoms with Gasteiger partial charge in [0.05, 0.1) is 11.8 Å². The summed E-state index contributed by atoms with van der Waals surface area (Å²) in [6, 6.07) is 17.7. The zero-order chi connectivity index (χ0) is 17.4. The van der Waals surface area contributed by atoms with Crippen LogP contribution in [-0.4, -0.2) is 11.9 Å². The summed E-state index contributed by atoms with van der Waals surface area (Å²) in [6.07, 6.45) is 0.985. The van der Waals surface area contributed by atoms with Crippen molar-refractivity contribution in [1.82, 2.24) is 0 Å². The van der Waals surface area contributed by atoms with Crippen molar-refractivity contribution < 1.29 is 19.1 Å². The van der Waals surface area contributed by atoms with Gasteiger partial charge >= 0.3 is 11.9 Å². The molecule has 4 heteroatoms. The summed E-state index contributed by atoms with van der Waals surface area (Å²) < 4.78 is 10.8. The largest absolute Gasteiger partial charge is 0.427 e. The maximum Gasteiger partial charge on any atom is 0.318 e. The summed E-state index contributed by atoms with van der Waals surface area (Å²) in [4.78, 5) is 24.9. The summed E-state index contributed by atoms with van der Waals surface area (Å²) >= 11 is 0. The van der Waals surface area contributed by atoms with Crippen LogP contribution in [0.5, 0.6) is 11.5 Å². The van der Waals surface area contributed by atoms with Crippen molar-refractivity contribution in [3.8, 4) is 11.5 Å². The second kappa shape index (κ2) is 8.29. The lowest BCUT2D eigenvalue weighted by atomic mass is 9.79. The zero-order valence-electron chi connectivity index (χ0n) is 14.0. The second-order valence-corrected chi connectivity index (χ2v) is 5.65. The maximum atomic E-state index is 12.7. The molecule has 0 saturated carbocycles. The van der Waals surface area contributed by atoms with Gasteiger partial charge in [0.2, 0.25) is 0 Å². The highest BCUT2D eigenvalue weighted by Crippen LogP contribution is 2.33. The molecule has 0 atom stereocenters. The van der Waals surface area contributed by atoms with Gasteiger partial charge in [0, 0.05) is 0 Å². The lowest BCUT2D eigenvalue weighted by molar-refractivity contribution is -0.153. The van der Waals surface area contributed by atoms with Gasteiger partial charge in [-0.15, -0.1) is 0 Å². The van der Waals surface area contributed by atoms with Crippen molar-refractivity contribution in [1.29, 1.82) is 0 Å². The van der Waals surface area contributed by atoms with E-state index in [0.717, 1.165) is 0 Å². The van der Waals surface area contributed by atoms with Crippen LogP contribution in [0.25, 0.3) is 0 Å². The molecule has 0 aliphatic carbocycles. The van der Waals surface area contributed by atoms with Crippen LogP contribution < -0.4 is 9.47 Å². The topological polar surface area (TPSA) is 52.6 Å². The van der Waals surface area contributed by atoms with Gasteiger partial charge in [0.15, 0.2) is 0 Å². The van der Waals surface area contributed by atoms with Crippen LogP contribution in [-0.2, 0) is 9.59 Å². The Morgan fingerprint density at radius 2 is 1.25 bits per heavy atom. The van der Waals surface area contributed by atoms with Crippen LogP contribution in [0.15, 0.2) is 60.7 Å². The summed E-state index contributed by atoms with van der Waals surface area (Å²) in [5.74, 6) is 0.115. The van der Waals surface area contributed by atoms with Gasteiger partial charge < -0.3 is 9.47 Å². The molecule has 126 valence electrons. The lowest BCUT2D eigenvalue weighted by Gasteiger charge is -2.28. The number of carbonyl (C=O) groups is 2.